The maximum atomic E-state index is 13.1. The third-order valence-electron chi connectivity index (χ3n) is 5.57. The first-order valence-corrected chi connectivity index (χ1v) is 8.74. The highest BCUT2D eigenvalue weighted by Gasteiger charge is 2.36. The molecule has 2 fully saturated rings. The van der Waals surface area contributed by atoms with Crippen molar-refractivity contribution in [3.05, 3.63) is 47.8 Å². The Hall–Kier alpha value is -1.15. The third-order valence-corrected chi connectivity index (χ3v) is 5.57. The van der Waals surface area contributed by atoms with Crippen LogP contribution >= 0.6 is 0 Å². The molecule has 0 heterocycles. The zero-order valence-corrected chi connectivity index (χ0v) is 13.5. The topological polar surface area (TPSA) is 9.23 Å². The number of hydrogen-bond donors (Lipinski definition) is 0. The monoisotopic (exact) mass is 302 g/mol. The van der Waals surface area contributed by atoms with Gasteiger partial charge in [-0.05, 0) is 80.9 Å². The maximum absolute atomic E-state index is 13.1. The van der Waals surface area contributed by atoms with Gasteiger partial charge in [0.05, 0.1) is 12.7 Å². The minimum Gasteiger partial charge on any atom is -0.374 e. The molecular formula is C20H27FO. The van der Waals surface area contributed by atoms with Crippen LogP contribution in [-0.4, -0.2) is 12.7 Å². The number of benzene rings is 1. The highest BCUT2D eigenvalue weighted by molar-refractivity contribution is 5.21. The molecule has 2 heteroatoms. The number of rotatable bonds is 4. The summed E-state index contributed by atoms with van der Waals surface area (Å²) in [4.78, 5) is 0. The molecule has 22 heavy (non-hydrogen) atoms. The van der Waals surface area contributed by atoms with E-state index in [-0.39, 0.29) is 5.82 Å². The molecule has 0 saturated heterocycles. The van der Waals surface area contributed by atoms with E-state index in [9.17, 15) is 4.39 Å². The van der Waals surface area contributed by atoms with Gasteiger partial charge in [-0.2, -0.15) is 0 Å². The second-order valence-corrected chi connectivity index (χ2v) is 6.92. The van der Waals surface area contributed by atoms with Crippen LogP contribution in [0.4, 0.5) is 4.39 Å². The summed E-state index contributed by atoms with van der Waals surface area (Å²) < 4.78 is 19.0. The zero-order valence-electron chi connectivity index (χ0n) is 13.5. The molecule has 0 radical (unpaired) electrons. The first-order chi connectivity index (χ1) is 10.8. The van der Waals surface area contributed by atoms with Crippen LogP contribution in [0.2, 0.25) is 0 Å². The lowest BCUT2D eigenvalue weighted by Crippen LogP contribution is -2.33. The van der Waals surface area contributed by atoms with Gasteiger partial charge in [-0.15, -0.1) is 0 Å². The summed E-state index contributed by atoms with van der Waals surface area (Å²) >= 11 is 0. The van der Waals surface area contributed by atoms with Crippen molar-refractivity contribution in [1.82, 2.24) is 0 Å². The van der Waals surface area contributed by atoms with E-state index in [1.165, 1.54) is 44.1 Å². The lowest BCUT2D eigenvalue weighted by atomic mass is 9.65. The summed E-state index contributed by atoms with van der Waals surface area (Å²) in [6, 6.07) is 7.17. The fraction of sp³-hybridized carbons (Fsp3) is 0.600. The number of fused-ring (bicyclic) bond motifs is 1. The largest absolute Gasteiger partial charge is 0.374 e. The molecule has 2 aliphatic rings. The molecule has 3 rings (SSSR count). The van der Waals surface area contributed by atoms with Gasteiger partial charge in [0.2, 0.25) is 0 Å². The fourth-order valence-corrected chi connectivity index (χ4v) is 4.32. The summed E-state index contributed by atoms with van der Waals surface area (Å²) in [5.74, 6) is 2.17. The number of halogens is 1. The van der Waals surface area contributed by atoms with Gasteiger partial charge < -0.3 is 4.74 Å². The number of hydrogen-bond acceptors (Lipinski definition) is 1. The van der Waals surface area contributed by atoms with E-state index in [1.54, 1.807) is 12.1 Å². The van der Waals surface area contributed by atoms with E-state index < -0.39 is 0 Å². The Morgan fingerprint density at radius 3 is 2.55 bits per heavy atom. The molecule has 1 aromatic carbocycles. The summed E-state index contributed by atoms with van der Waals surface area (Å²) in [7, 11) is 0. The standard InChI is InChI=1S/C20H27FO/c1-2-3-12-22-20-11-8-17-13-16(4-5-18(17)14-20)15-6-9-19(21)10-7-15/h2-3,6-7,9-10,16-18,20H,4-5,8,11-14H2,1H3/b3-2+. The SMILES string of the molecule is C/C=C/COC1CCC2CC(c3ccc(F)cc3)CCC2C1. The van der Waals surface area contributed by atoms with Gasteiger partial charge in [0, 0.05) is 0 Å². The van der Waals surface area contributed by atoms with Gasteiger partial charge in [-0.3, -0.25) is 0 Å². The molecule has 120 valence electrons. The van der Waals surface area contributed by atoms with Crippen molar-refractivity contribution in [2.45, 2.75) is 57.5 Å². The molecule has 0 amide bonds. The zero-order chi connectivity index (χ0) is 15.4. The first kappa shape index (κ1) is 15.7. The molecule has 0 aromatic heterocycles. The number of ether oxygens (including phenoxy) is 1. The predicted molar refractivity (Wildman–Crippen MR) is 88.4 cm³/mol. The molecule has 0 aliphatic heterocycles. The van der Waals surface area contributed by atoms with Crippen LogP contribution in [0.1, 0.15) is 56.9 Å². The van der Waals surface area contributed by atoms with Gasteiger partial charge in [0.1, 0.15) is 5.82 Å². The lowest BCUT2D eigenvalue weighted by molar-refractivity contribution is -0.00319. The first-order valence-electron chi connectivity index (χ1n) is 8.74. The van der Waals surface area contributed by atoms with Crippen molar-refractivity contribution < 1.29 is 9.13 Å². The Bertz CT molecular complexity index is 493. The van der Waals surface area contributed by atoms with Gasteiger partial charge in [-0.1, -0.05) is 24.3 Å². The van der Waals surface area contributed by atoms with E-state index in [4.69, 9.17) is 4.74 Å². The highest BCUT2D eigenvalue weighted by atomic mass is 19.1. The average Bonchev–Trinajstić information content (AvgIpc) is 2.55. The molecule has 4 unspecified atom stereocenters. The smallest absolute Gasteiger partial charge is 0.123 e. The fourth-order valence-electron chi connectivity index (χ4n) is 4.32. The quantitative estimate of drug-likeness (QED) is 0.670. The second kappa shape index (κ2) is 7.41. The van der Waals surface area contributed by atoms with E-state index in [1.807, 2.05) is 19.1 Å². The molecule has 1 nitrogen and oxygen atoms in total. The van der Waals surface area contributed by atoms with Crippen molar-refractivity contribution >= 4 is 0 Å². The minimum atomic E-state index is -0.128. The van der Waals surface area contributed by atoms with Gasteiger partial charge in [0.15, 0.2) is 0 Å². The molecule has 0 N–H and O–H groups in total. The van der Waals surface area contributed by atoms with Crippen molar-refractivity contribution in [2.24, 2.45) is 11.8 Å². The van der Waals surface area contributed by atoms with Crippen LogP contribution in [0.3, 0.4) is 0 Å². The van der Waals surface area contributed by atoms with Crippen molar-refractivity contribution in [1.29, 1.82) is 0 Å². The normalized spacial score (nSPS) is 32.1. The Morgan fingerprint density at radius 1 is 1.05 bits per heavy atom. The second-order valence-electron chi connectivity index (χ2n) is 6.92. The maximum Gasteiger partial charge on any atom is 0.123 e. The summed E-state index contributed by atoms with van der Waals surface area (Å²) in [6.07, 6.45) is 12.2. The van der Waals surface area contributed by atoms with E-state index in [2.05, 4.69) is 12.2 Å². The molecule has 4 atom stereocenters. The molecule has 0 bridgehead atoms. The Kier molecular flexibility index (Phi) is 5.30. The van der Waals surface area contributed by atoms with Crippen molar-refractivity contribution in [3.63, 3.8) is 0 Å². The molecule has 2 saturated carbocycles. The van der Waals surface area contributed by atoms with Crippen LogP contribution in [0, 0.1) is 17.7 Å². The lowest BCUT2D eigenvalue weighted by Gasteiger charge is -2.42. The van der Waals surface area contributed by atoms with Gasteiger partial charge in [-0.25, -0.2) is 4.39 Å². The van der Waals surface area contributed by atoms with E-state index in [0.717, 1.165) is 18.4 Å². The van der Waals surface area contributed by atoms with E-state index in [0.29, 0.717) is 12.0 Å². The summed E-state index contributed by atoms with van der Waals surface area (Å²) in [5.41, 5.74) is 1.33. The minimum absolute atomic E-state index is 0.128. The van der Waals surface area contributed by atoms with Gasteiger partial charge in [0.25, 0.3) is 0 Å². The predicted octanol–water partition coefficient (Wildman–Crippen LogP) is 5.47. The average molecular weight is 302 g/mol. The van der Waals surface area contributed by atoms with Gasteiger partial charge >= 0.3 is 0 Å². The highest BCUT2D eigenvalue weighted by Crippen LogP contribution is 2.46. The van der Waals surface area contributed by atoms with Crippen molar-refractivity contribution in [3.8, 4) is 0 Å². The summed E-state index contributed by atoms with van der Waals surface area (Å²) in [6.45, 7) is 2.80. The van der Waals surface area contributed by atoms with Crippen molar-refractivity contribution in [2.75, 3.05) is 6.61 Å². The van der Waals surface area contributed by atoms with Crippen LogP contribution in [-0.2, 0) is 4.74 Å². The molecular weight excluding hydrogens is 275 g/mol. The third kappa shape index (κ3) is 3.78. The Morgan fingerprint density at radius 2 is 1.77 bits per heavy atom. The summed E-state index contributed by atoms with van der Waals surface area (Å²) in [5, 5.41) is 0. The Balaban J connectivity index is 1.54. The van der Waals surface area contributed by atoms with E-state index >= 15 is 0 Å². The Labute approximate surface area is 133 Å². The van der Waals surface area contributed by atoms with Crippen LogP contribution < -0.4 is 0 Å². The van der Waals surface area contributed by atoms with Crippen LogP contribution in [0.5, 0.6) is 0 Å². The van der Waals surface area contributed by atoms with Crippen LogP contribution in [0.25, 0.3) is 0 Å². The number of allylic oxidation sites excluding steroid dienone is 1. The molecule has 2 aliphatic carbocycles. The van der Waals surface area contributed by atoms with Crippen LogP contribution in [0.15, 0.2) is 36.4 Å². The molecule has 1 aromatic rings. The molecule has 0 spiro atoms.